The highest BCUT2D eigenvalue weighted by molar-refractivity contribution is 6.32. The number of rotatable bonds is 3. The van der Waals surface area contributed by atoms with Crippen LogP contribution in [-0.2, 0) is 6.18 Å². The van der Waals surface area contributed by atoms with Crippen LogP contribution in [0, 0.1) is 0 Å². The third kappa shape index (κ3) is 3.64. The summed E-state index contributed by atoms with van der Waals surface area (Å²) in [5.74, 6) is 0.0579. The monoisotopic (exact) mass is 417 g/mol. The second kappa shape index (κ2) is 7.17. The van der Waals surface area contributed by atoms with Gasteiger partial charge in [-0.15, -0.1) is 0 Å². The number of fused-ring (bicyclic) bond motifs is 1. The van der Waals surface area contributed by atoms with Gasteiger partial charge in [-0.05, 0) is 36.4 Å². The molecule has 1 aromatic carbocycles. The zero-order valence-corrected chi connectivity index (χ0v) is 15.2. The van der Waals surface area contributed by atoms with Gasteiger partial charge < -0.3 is 5.32 Å². The molecule has 0 saturated carbocycles. The van der Waals surface area contributed by atoms with Gasteiger partial charge in [-0.1, -0.05) is 23.7 Å². The molecule has 1 N–H and O–H groups in total. The van der Waals surface area contributed by atoms with Crippen LogP contribution in [0.2, 0.25) is 5.02 Å². The number of nitrogens with one attached hydrogen (secondary N) is 1. The van der Waals surface area contributed by atoms with Gasteiger partial charge in [0.25, 0.3) is 0 Å². The lowest BCUT2D eigenvalue weighted by Gasteiger charge is -2.15. The molecule has 0 aliphatic carbocycles. The molecule has 146 valence electrons. The van der Waals surface area contributed by atoms with Crippen molar-refractivity contribution in [1.29, 1.82) is 0 Å². The number of hydrogen-bond donors (Lipinski definition) is 1. The fourth-order valence-electron chi connectivity index (χ4n) is 2.78. The number of aromatic nitrogens is 4. The molecule has 0 saturated heterocycles. The summed E-state index contributed by atoms with van der Waals surface area (Å²) in [5.41, 5.74) is -1.50. The van der Waals surface area contributed by atoms with E-state index >= 15 is 0 Å². The van der Waals surface area contributed by atoms with Gasteiger partial charge in [-0.3, -0.25) is 4.98 Å². The number of hydrogen-bond acceptors (Lipinski definition) is 5. The van der Waals surface area contributed by atoms with Gasteiger partial charge >= 0.3 is 11.9 Å². The summed E-state index contributed by atoms with van der Waals surface area (Å²) in [6.07, 6.45) is -1.64. The number of pyridine rings is 2. The molecule has 0 radical (unpaired) electrons. The van der Waals surface area contributed by atoms with E-state index in [9.17, 15) is 18.0 Å². The van der Waals surface area contributed by atoms with Crippen molar-refractivity contribution >= 4 is 34.1 Å². The van der Waals surface area contributed by atoms with E-state index in [2.05, 4.69) is 20.3 Å². The fourth-order valence-corrected chi connectivity index (χ4v) is 3.00. The summed E-state index contributed by atoms with van der Waals surface area (Å²) >= 11 is 6.17. The number of halogens is 4. The third-order valence-electron chi connectivity index (χ3n) is 4.05. The molecule has 0 spiro atoms. The van der Waals surface area contributed by atoms with Crippen LogP contribution in [0.4, 0.5) is 24.7 Å². The molecule has 6 nitrogen and oxygen atoms in total. The SMILES string of the molecule is O=c1nc(Nc2cccnc2)c2ccc(C(F)(F)F)nc2n1-c1ccccc1Cl. The zero-order chi connectivity index (χ0) is 20.6. The summed E-state index contributed by atoms with van der Waals surface area (Å²) in [5, 5.41) is 3.28. The lowest BCUT2D eigenvalue weighted by molar-refractivity contribution is -0.141. The molecule has 0 unspecified atom stereocenters. The van der Waals surface area contributed by atoms with Crippen LogP contribution in [0.1, 0.15) is 5.69 Å². The van der Waals surface area contributed by atoms with Crippen LogP contribution >= 0.6 is 11.6 Å². The number of nitrogens with zero attached hydrogens (tertiary/aromatic N) is 4. The molecular weight excluding hydrogens is 407 g/mol. The van der Waals surface area contributed by atoms with E-state index in [0.717, 1.165) is 10.6 Å². The fraction of sp³-hybridized carbons (Fsp3) is 0.0526. The van der Waals surface area contributed by atoms with E-state index in [-0.39, 0.29) is 27.6 Å². The van der Waals surface area contributed by atoms with Gasteiger partial charge in [-0.2, -0.15) is 18.2 Å². The first kappa shape index (κ1) is 18.9. The highest BCUT2D eigenvalue weighted by atomic mass is 35.5. The zero-order valence-electron chi connectivity index (χ0n) is 14.5. The second-order valence-electron chi connectivity index (χ2n) is 5.96. The average molecular weight is 418 g/mol. The Morgan fingerprint density at radius 3 is 2.48 bits per heavy atom. The van der Waals surface area contributed by atoms with E-state index in [0.29, 0.717) is 5.69 Å². The van der Waals surface area contributed by atoms with Crippen LogP contribution in [0.15, 0.2) is 65.7 Å². The van der Waals surface area contributed by atoms with Crippen molar-refractivity contribution in [2.45, 2.75) is 6.18 Å². The van der Waals surface area contributed by atoms with Crippen LogP contribution < -0.4 is 11.0 Å². The predicted molar refractivity (Wildman–Crippen MR) is 103 cm³/mol. The standard InChI is InChI=1S/C19H11ClF3N5O/c20-13-5-1-2-6-14(13)28-17-12(7-8-15(26-17)19(21,22)23)16(27-18(28)29)25-11-4-3-9-24-10-11/h1-10H,(H,25,27,29). The number of benzene rings is 1. The summed E-state index contributed by atoms with van der Waals surface area (Å²) in [7, 11) is 0. The third-order valence-corrected chi connectivity index (χ3v) is 4.37. The molecule has 4 rings (SSSR count). The molecule has 0 fully saturated rings. The van der Waals surface area contributed by atoms with E-state index in [4.69, 9.17) is 11.6 Å². The van der Waals surface area contributed by atoms with Crippen molar-refractivity contribution in [3.8, 4) is 5.69 Å². The van der Waals surface area contributed by atoms with Gasteiger partial charge in [-0.25, -0.2) is 14.3 Å². The van der Waals surface area contributed by atoms with Crippen molar-refractivity contribution in [3.05, 3.63) is 82.1 Å². The Morgan fingerprint density at radius 2 is 1.79 bits per heavy atom. The Balaban J connectivity index is 2.03. The van der Waals surface area contributed by atoms with Crippen molar-refractivity contribution in [3.63, 3.8) is 0 Å². The molecule has 0 aliphatic rings. The summed E-state index contributed by atoms with van der Waals surface area (Å²) in [6.45, 7) is 0. The topological polar surface area (TPSA) is 72.7 Å². The molecule has 29 heavy (non-hydrogen) atoms. The second-order valence-corrected chi connectivity index (χ2v) is 6.37. The van der Waals surface area contributed by atoms with Crippen molar-refractivity contribution in [2.75, 3.05) is 5.32 Å². The van der Waals surface area contributed by atoms with E-state index < -0.39 is 17.6 Å². The average Bonchev–Trinajstić information content (AvgIpc) is 2.69. The van der Waals surface area contributed by atoms with E-state index in [1.165, 1.54) is 24.4 Å². The maximum absolute atomic E-state index is 13.3. The van der Waals surface area contributed by atoms with Crippen LogP contribution in [0.25, 0.3) is 16.7 Å². The minimum Gasteiger partial charge on any atom is -0.338 e. The minimum atomic E-state index is -4.68. The van der Waals surface area contributed by atoms with Gasteiger partial charge in [0.15, 0.2) is 5.65 Å². The van der Waals surface area contributed by atoms with Crippen LogP contribution in [-0.4, -0.2) is 19.5 Å². The largest absolute Gasteiger partial charge is 0.433 e. The number of alkyl halides is 3. The van der Waals surface area contributed by atoms with Crippen LogP contribution in [0.3, 0.4) is 0 Å². The van der Waals surface area contributed by atoms with E-state index in [1.807, 2.05) is 0 Å². The van der Waals surface area contributed by atoms with Gasteiger partial charge in [0.05, 0.1) is 28.0 Å². The van der Waals surface area contributed by atoms with Crippen LogP contribution in [0.5, 0.6) is 0 Å². The first-order valence-corrected chi connectivity index (χ1v) is 8.65. The number of anilines is 2. The highest BCUT2D eigenvalue weighted by Gasteiger charge is 2.33. The Kier molecular flexibility index (Phi) is 4.67. The molecule has 3 heterocycles. The maximum Gasteiger partial charge on any atom is 0.433 e. The normalized spacial score (nSPS) is 11.6. The molecule has 0 atom stereocenters. The highest BCUT2D eigenvalue weighted by Crippen LogP contribution is 2.32. The Bertz CT molecular complexity index is 1260. The lowest BCUT2D eigenvalue weighted by atomic mass is 10.2. The molecule has 0 bridgehead atoms. The summed E-state index contributed by atoms with van der Waals surface area (Å²) < 4.78 is 40.7. The van der Waals surface area contributed by atoms with Crippen molar-refractivity contribution in [1.82, 2.24) is 19.5 Å². The smallest absolute Gasteiger partial charge is 0.338 e. The molecule has 4 aromatic rings. The van der Waals surface area contributed by atoms with Gasteiger partial charge in [0.2, 0.25) is 0 Å². The lowest BCUT2D eigenvalue weighted by Crippen LogP contribution is -2.24. The summed E-state index contributed by atoms with van der Waals surface area (Å²) in [6, 6.07) is 11.6. The molecule has 0 aliphatic heterocycles. The van der Waals surface area contributed by atoms with Gasteiger partial charge in [0.1, 0.15) is 11.5 Å². The Morgan fingerprint density at radius 1 is 1.00 bits per heavy atom. The first-order chi connectivity index (χ1) is 13.8. The Labute approximate surface area is 166 Å². The molecule has 10 heteroatoms. The molecular formula is C19H11ClF3N5O. The first-order valence-electron chi connectivity index (χ1n) is 8.27. The number of para-hydroxylation sites is 1. The quantitative estimate of drug-likeness (QED) is 0.527. The van der Waals surface area contributed by atoms with Crippen molar-refractivity contribution < 1.29 is 13.2 Å². The minimum absolute atomic E-state index is 0.0579. The van der Waals surface area contributed by atoms with Gasteiger partial charge in [0, 0.05) is 6.20 Å². The maximum atomic E-state index is 13.3. The molecule has 0 amide bonds. The summed E-state index contributed by atoms with van der Waals surface area (Å²) in [4.78, 5) is 24.4. The predicted octanol–water partition coefficient (Wildman–Crippen LogP) is 4.59. The Hall–Kier alpha value is -3.46. The van der Waals surface area contributed by atoms with E-state index in [1.54, 1.807) is 30.5 Å². The van der Waals surface area contributed by atoms with Crippen molar-refractivity contribution in [2.24, 2.45) is 0 Å². The molecule has 3 aromatic heterocycles.